The average molecular weight is 445 g/mol. The number of aliphatic hydroxyl groups is 1. The van der Waals surface area contributed by atoms with Crippen molar-refractivity contribution in [3.05, 3.63) is 46.8 Å². The smallest absolute Gasteiger partial charge is 0.173 e. The molecule has 0 bridgehead atoms. The van der Waals surface area contributed by atoms with Gasteiger partial charge >= 0.3 is 0 Å². The molecule has 0 aliphatic heterocycles. The third-order valence-electron chi connectivity index (χ3n) is 5.32. The fourth-order valence-electron chi connectivity index (χ4n) is 3.81. The van der Waals surface area contributed by atoms with Gasteiger partial charge in [-0.15, -0.1) is 0 Å². The zero-order valence-corrected chi connectivity index (χ0v) is 17.3. The molecule has 1 fully saturated rings. The first kappa shape index (κ1) is 19.1. The lowest BCUT2D eigenvalue weighted by atomic mass is 9.85. The third kappa shape index (κ3) is 4.28. The molecule has 3 aromatic heterocycles. The predicted octanol–water partition coefficient (Wildman–Crippen LogP) is 3.50. The molecule has 0 amide bonds. The quantitative estimate of drug-likeness (QED) is 0.516. The van der Waals surface area contributed by atoms with Crippen molar-refractivity contribution in [2.45, 2.75) is 38.1 Å². The number of halogens is 1. The van der Waals surface area contributed by atoms with E-state index in [2.05, 4.69) is 36.6 Å². The second kappa shape index (κ2) is 8.87. The molecule has 3 heterocycles. The highest BCUT2D eigenvalue weighted by atomic mass is 79.9. The largest absolute Gasteiger partial charge is 0.396 e. The van der Waals surface area contributed by atoms with Crippen LogP contribution < -0.4 is 10.6 Å². The Bertz CT molecular complexity index is 916. The number of anilines is 2. The minimum atomic E-state index is 0.214. The molecule has 0 aromatic carbocycles. The lowest BCUT2D eigenvalue weighted by Crippen LogP contribution is -2.34. The molecule has 0 radical (unpaired) electrons. The van der Waals surface area contributed by atoms with Crippen LogP contribution in [0.5, 0.6) is 0 Å². The summed E-state index contributed by atoms with van der Waals surface area (Å²) in [6.45, 7) is 0.960. The van der Waals surface area contributed by atoms with Crippen LogP contribution in [-0.2, 0) is 6.42 Å². The molecule has 8 heteroatoms. The standard InChI is InChI=1S/C20H25BrN6O/c21-16-12-24-27-19(23-10-8-15-6-3-4-9-22-15)11-18(26-20(16)27)25-17-7-2-1-5-14(17)13-28/h3-4,6,9,11-12,14,17,23,28H,1-2,5,7-8,10,13H2,(H,25,26). The molecule has 1 aliphatic carbocycles. The number of hydrogen-bond acceptors (Lipinski definition) is 6. The summed E-state index contributed by atoms with van der Waals surface area (Å²) < 4.78 is 2.66. The van der Waals surface area contributed by atoms with Crippen LogP contribution in [0, 0.1) is 5.92 Å². The third-order valence-corrected chi connectivity index (χ3v) is 5.88. The van der Waals surface area contributed by atoms with Gasteiger partial charge in [-0.1, -0.05) is 18.9 Å². The minimum Gasteiger partial charge on any atom is -0.396 e. The summed E-state index contributed by atoms with van der Waals surface area (Å²) in [6, 6.07) is 8.19. The first-order valence-electron chi connectivity index (χ1n) is 9.80. The summed E-state index contributed by atoms with van der Waals surface area (Å²) in [7, 11) is 0. The fraction of sp³-hybridized carbons (Fsp3) is 0.450. The SMILES string of the molecule is OCC1CCCCC1Nc1cc(NCCc2ccccn2)n2ncc(Br)c2n1. The van der Waals surface area contributed by atoms with Crippen molar-refractivity contribution in [2.75, 3.05) is 23.8 Å². The maximum absolute atomic E-state index is 9.70. The van der Waals surface area contributed by atoms with E-state index in [0.717, 1.165) is 53.3 Å². The van der Waals surface area contributed by atoms with Crippen LogP contribution in [0.3, 0.4) is 0 Å². The van der Waals surface area contributed by atoms with Gasteiger partial charge in [-0.2, -0.15) is 9.61 Å². The first-order chi connectivity index (χ1) is 13.7. The zero-order chi connectivity index (χ0) is 19.3. The van der Waals surface area contributed by atoms with Crippen molar-refractivity contribution >= 4 is 33.2 Å². The van der Waals surface area contributed by atoms with Crippen molar-refractivity contribution < 1.29 is 5.11 Å². The molecule has 1 aliphatic rings. The Balaban J connectivity index is 1.53. The summed E-state index contributed by atoms with van der Waals surface area (Å²) in [5, 5.41) is 21.1. The van der Waals surface area contributed by atoms with Crippen molar-refractivity contribution in [3.63, 3.8) is 0 Å². The molecule has 2 unspecified atom stereocenters. The van der Waals surface area contributed by atoms with E-state index in [9.17, 15) is 5.11 Å². The monoisotopic (exact) mass is 444 g/mol. The average Bonchev–Trinajstić information content (AvgIpc) is 3.10. The van der Waals surface area contributed by atoms with Gasteiger partial charge in [0.2, 0.25) is 0 Å². The van der Waals surface area contributed by atoms with E-state index < -0.39 is 0 Å². The van der Waals surface area contributed by atoms with Crippen molar-refractivity contribution in [3.8, 4) is 0 Å². The zero-order valence-electron chi connectivity index (χ0n) is 15.7. The van der Waals surface area contributed by atoms with Crippen LogP contribution in [0.1, 0.15) is 31.4 Å². The number of fused-ring (bicyclic) bond motifs is 1. The minimum absolute atomic E-state index is 0.214. The van der Waals surface area contributed by atoms with Gasteiger partial charge in [-0.25, -0.2) is 4.98 Å². The number of aromatic nitrogens is 4. The summed E-state index contributed by atoms with van der Waals surface area (Å²) in [5.41, 5.74) is 1.81. The van der Waals surface area contributed by atoms with E-state index in [0.29, 0.717) is 0 Å². The van der Waals surface area contributed by atoms with Crippen molar-refractivity contribution in [2.24, 2.45) is 5.92 Å². The van der Waals surface area contributed by atoms with E-state index in [1.807, 2.05) is 30.5 Å². The van der Waals surface area contributed by atoms with Gasteiger partial charge in [-0.3, -0.25) is 4.98 Å². The van der Waals surface area contributed by atoms with Crippen molar-refractivity contribution in [1.82, 2.24) is 19.6 Å². The molecule has 28 heavy (non-hydrogen) atoms. The van der Waals surface area contributed by atoms with Crippen LogP contribution >= 0.6 is 15.9 Å². The van der Waals surface area contributed by atoms with Crippen LogP contribution in [-0.4, -0.2) is 43.9 Å². The molecule has 3 N–H and O–H groups in total. The van der Waals surface area contributed by atoms with E-state index in [1.165, 1.54) is 12.8 Å². The van der Waals surface area contributed by atoms with Gasteiger partial charge < -0.3 is 15.7 Å². The predicted molar refractivity (Wildman–Crippen MR) is 114 cm³/mol. The van der Waals surface area contributed by atoms with Gasteiger partial charge in [0.1, 0.15) is 11.6 Å². The molecular weight excluding hydrogens is 420 g/mol. The Kier molecular flexibility index (Phi) is 6.07. The molecule has 0 saturated heterocycles. The van der Waals surface area contributed by atoms with E-state index in [4.69, 9.17) is 4.98 Å². The van der Waals surface area contributed by atoms with E-state index in [1.54, 1.807) is 10.7 Å². The number of nitrogens with one attached hydrogen (secondary N) is 2. The van der Waals surface area contributed by atoms with Crippen LogP contribution in [0.4, 0.5) is 11.6 Å². The lowest BCUT2D eigenvalue weighted by molar-refractivity contribution is 0.178. The summed E-state index contributed by atoms with van der Waals surface area (Å²) in [6.07, 6.45) is 8.88. The Hall–Kier alpha value is -2.19. The molecule has 1 saturated carbocycles. The second-order valence-corrected chi connectivity index (χ2v) is 8.08. The normalized spacial score (nSPS) is 19.6. The molecule has 4 rings (SSSR count). The number of hydrogen-bond donors (Lipinski definition) is 3. The Morgan fingerprint density at radius 3 is 2.96 bits per heavy atom. The highest BCUT2D eigenvalue weighted by molar-refractivity contribution is 9.10. The lowest BCUT2D eigenvalue weighted by Gasteiger charge is -2.31. The number of aliphatic hydroxyl groups excluding tert-OH is 1. The van der Waals surface area contributed by atoms with Crippen LogP contribution in [0.15, 0.2) is 41.1 Å². The first-order valence-corrected chi connectivity index (χ1v) is 10.6. The van der Waals surface area contributed by atoms with Crippen LogP contribution in [0.2, 0.25) is 0 Å². The van der Waals surface area contributed by atoms with E-state index >= 15 is 0 Å². The van der Waals surface area contributed by atoms with Gasteiger partial charge in [0, 0.05) is 49.5 Å². The second-order valence-electron chi connectivity index (χ2n) is 7.23. The summed E-state index contributed by atoms with van der Waals surface area (Å²) in [4.78, 5) is 9.10. The molecule has 0 spiro atoms. The maximum atomic E-state index is 9.70. The van der Waals surface area contributed by atoms with E-state index in [-0.39, 0.29) is 18.6 Å². The fourth-order valence-corrected chi connectivity index (χ4v) is 4.15. The highest BCUT2D eigenvalue weighted by Gasteiger charge is 2.25. The Labute approximate surface area is 172 Å². The topological polar surface area (TPSA) is 87.4 Å². The van der Waals surface area contributed by atoms with Gasteiger partial charge in [0.15, 0.2) is 5.65 Å². The number of rotatable bonds is 7. The van der Waals surface area contributed by atoms with Gasteiger partial charge in [0.05, 0.1) is 10.7 Å². The van der Waals surface area contributed by atoms with Crippen LogP contribution in [0.25, 0.3) is 5.65 Å². The molecule has 7 nitrogen and oxygen atoms in total. The molecule has 3 aromatic rings. The molecular formula is C20H25BrN6O. The molecule has 2 atom stereocenters. The highest BCUT2D eigenvalue weighted by Crippen LogP contribution is 2.28. The maximum Gasteiger partial charge on any atom is 0.173 e. The molecule has 148 valence electrons. The van der Waals surface area contributed by atoms with Crippen molar-refractivity contribution in [1.29, 1.82) is 0 Å². The van der Waals surface area contributed by atoms with Gasteiger partial charge in [0.25, 0.3) is 0 Å². The Morgan fingerprint density at radius 1 is 1.25 bits per heavy atom. The number of pyridine rings is 1. The Morgan fingerprint density at radius 2 is 2.14 bits per heavy atom. The number of nitrogens with zero attached hydrogens (tertiary/aromatic N) is 4. The summed E-state index contributed by atoms with van der Waals surface area (Å²) in [5.74, 6) is 1.96. The van der Waals surface area contributed by atoms with Gasteiger partial charge in [-0.05, 0) is 40.9 Å². The summed E-state index contributed by atoms with van der Waals surface area (Å²) >= 11 is 3.54.